The number of methoxy groups -OCH3 is 1. The van der Waals surface area contributed by atoms with Gasteiger partial charge in [-0.05, 0) is 24.3 Å². The largest absolute Gasteiger partial charge is 0.465 e. The van der Waals surface area contributed by atoms with Crippen molar-refractivity contribution in [2.75, 3.05) is 12.4 Å². The summed E-state index contributed by atoms with van der Waals surface area (Å²) in [5.74, 6) is -1.17. The van der Waals surface area contributed by atoms with Crippen molar-refractivity contribution in [3.05, 3.63) is 86.5 Å². The molecule has 0 fully saturated rings. The molecule has 0 aliphatic rings. The van der Waals surface area contributed by atoms with Gasteiger partial charge < -0.3 is 10.1 Å². The Kier molecular flexibility index (Phi) is 5.46. The van der Waals surface area contributed by atoms with Crippen molar-refractivity contribution in [3.8, 4) is 5.69 Å². The van der Waals surface area contributed by atoms with Crippen LogP contribution in [-0.2, 0) is 16.1 Å². The summed E-state index contributed by atoms with van der Waals surface area (Å²) < 4.78 is 6.85. The molecule has 0 radical (unpaired) electrons. The van der Waals surface area contributed by atoms with Gasteiger partial charge >= 0.3 is 11.7 Å². The number of ether oxygens (including phenoxy) is 1. The summed E-state index contributed by atoms with van der Waals surface area (Å²) in [6, 6.07) is 12.6. The number of thiazole rings is 1. The van der Waals surface area contributed by atoms with E-state index in [4.69, 9.17) is 4.74 Å². The summed E-state index contributed by atoms with van der Waals surface area (Å²) in [5.41, 5.74) is -0.927. The lowest BCUT2D eigenvalue weighted by Gasteiger charge is -2.15. The topological polar surface area (TPSA) is 112 Å². The van der Waals surface area contributed by atoms with Crippen LogP contribution in [0.1, 0.15) is 10.4 Å². The molecular formula is C21H16N4O5S. The quantitative estimate of drug-likeness (QED) is 0.479. The van der Waals surface area contributed by atoms with Crippen LogP contribution < -0.4 is 16.6 Å². The van der Waals surface area contributed by atoms with E-state index in [1.807, 2.05) is 0 Å². The maximum atomic E-state index is 13.4. The van der Waals surface area contributed by atoms with Crippen molar-refractivity contribution >= 4 is 39.2 Å². The van der Waals surface area contributed by atoms with Gasteiger partial charge in [0, 0.05) is 11.6 Å². The first-order valence-electron chi connectivity index (χ1n) is 9.13. The number of esters is 1. The molecule has 0 aliphatic heterocycles. The van der Waals surface area contributed by atoms with Crippen molar-refractivity contribution in [2.24, 2.45) is 0 Å². The Labute approximate surface area is 179 Å². The number of amides is 1. The molecular weight excluding hydrogens is 420 g/mol. The van der Waals surface area contributed by atoms with Crippen LogP contribution in [0.4, 0.5) is 5.13 Å². The Morgan fingerprint density at radius 1 is 1.10 bits per heavy atom. The SMILES string of the molecule is COC(=O)c1ccccc1-n1c(=O)c2ccccc2n(CC(=O)Nc2nccs2)c1=O. The number of hydrogen-bond donors (Lipinski definition) is 1. The maximum Gasteiger partial charge on any atom is 0.339 e. The van der Waals surface area contributed by atoms with Gasteiger partial charge in [0.15, 0.2) is 5.13 Å². The van der Waals surface area contributed by atoms with Gasteiger partial charge in [-0.15, -0.1) is 11.3 Å². The molecule has 0 saturated heterocycles. The number of rotatable bonds is 5. The molecule has 0 atom stereocenters. The van der Waals surface area contributed by atoms with Crippen molar-refractivity contribution in [3.63, 3.8) is 0 Å². The van der Waals surface area contributed by atoms with Crippen molar-refractivity contribution < 1.29 is 14.3 Å². The second kappa shape index (κ2) is 8.36. The molecule has 0 unspecified atom stereocenters. The van der Waals surface area contributed by atoms with Crippen LogP contribution in [0.2, 0.25) is 0 Å². The molecule has 0 bridgehead atoms. The van der Waals surface area contributed by atoms with Crippen LogP contribution in [-0.4, -0.2) is 33.1 Å². The third kappa shape index (κ3) is 3.76. The minimum absolute atomic E-state index is 0.0540. The first kappa shape index (κ1) is 20.2. The van der Waals surface area contributed by atoms with Crippen molar-refractivity contribution in [1.82, 2.24) is 14.1 Å². The third-order valence-corrected chi connectivity index (χ3v) is 5.27. The number of nitrogens with one attached hydrogen (secondary N) is 1. The highest BCUT2D eigenvalue weighted by molar-refractivity contribution is 7.13. The number of fused-ring (bicyclic) bond motifs is 1. The lowest BCUT2D eigenvalue weighted by Crippen LogP contribution is -2.41. The molecule has 0 spiro atoms. The van der Waals surface area contributed by atoms with Crippen LogP contribution in [0.15, 0.2) is 69.7 Å². The van der Waals surface area contributed by atoms with E-state index >= 15 is 0 Å². The summed E-state index contributed by atoms with van der Waals surface area (Å²) in [4.78, 5) is 55.4. The van der Waals surface area contributed by atoms with Crippen LogP contribution in [0, 0.1) is 0 Å². The predicted octanol–water partition coefficient (Wildman–Crippen LogP) is 2.03. The molecule has 0 aliphatic carbocycles. The number of anilines is 1. The summed E-state index contributed by atoms with van der Waals surface area (Å²) in [6.07, 6.45) is 1.55. The lowest BCUT2D eigenvalue weighted by molar-refractivity contribution is -0.116. The van der Waals surface area contributed by atoms with E-state index in [-0.39, 0.29) is 23.2 Å². The summed E-state index contributed by atoms with van der Waals surface area (Å²) in [6.45, 7) is -0.348. The molecule has 31 heavy (non-hydrogen) atoms. The molecule has 1 amide bonds. The number of para-hydroxylation sites is 2. The van der Waals surface area contributed by atoms with E-state index in [9.17, 15) is 19.2 Å². The number of hydrogen-bond acceptors (Lipinski definition) is 7. The van der Waals surface area contributed by atoms with E-state index in [0.717, 1.165) is 4.57 Å². The normalized spacial score (nSPS) is 10.7. The van der Waals surface area contributed by atoms with Crippen molar-refractivity contribution in [2.45, 2.75) is 6.54 Å². The molecule has 4 aromatic rings. The van der Waals surface area contributed by atoms with Crippen LogP contribution in [0.5, 0.6) is 0 Å². The molecule has 9 nitrogen and oxygen atoms in total. The highest BCUT2D eigenvalue weighted by Gasteiger charge is 2.20. The Bertz CT molecular complexity index is 1410. The van der Waals surface area contributed by atoms with Gasteiger partial charge in [0.25, 0.3) is 5.56 Å². The molecule has 0 saturated carbocycles. The Morgan fingerprint density at radius 3 is 2.58 bits per heavy atom. The zero-order valence-corrected chi connectivity index (χ0v) is 17.1. The van der Waals surface area contributed by atoms with Crippen LogP contribution in [0.3, 0.4) is 0 Å². The highest BCUT2D eigenvalue weighted by atomic mass is 32.1. The number of carbonyl (C=O) groups is 2. The Balaban J connectivity index is 1.93. The second-order valence-electron chi connectivity index (χ2n) is 6.42. The van der Waals surface area contributed by atoms with Gasteiger partial charge in [-0.3, -0.25) is 14.2 Å². The molecule has 156 valence electrons. The monoisotopic (exact) mass is 436 g/mol. The lowest BCUT2D eigenvalue weighted by atomic mass is 10.1. The zero-order chi connectivity index (χ0) is 22.0. The van der Waals surface area contributed by atoms with Gasteiger partial charge in [0.1, 0.15) is 6.54 Å². The van der Waals surface area contributed by atoms with Crippen LogP contribution >= 0.6 is 11.3 Å². The molecule has 4 rings (SSSR count). The van der Waals surface area contributed by atoms with E-state index < -0.39 is 23.1 Å². The van der Waals surface area contributed by atoms with Crippen LogP contribution in [0.25, 0.3) is 16.6 Å². The third-order valence-electron chi connectivity index (χ3n) is 4.58. The van der Waals surface area contributed by atoms with E-state index in [0.29, 0.717) is 10.6 Å². The summed E-state index contributed by atoms with van der Waals surface area (Å²) in [5, 5.41) is 4.95. The Hall–Kier alpha value is -4.05. The minimum atomic E-state index is -0.755. The average Bonchev–Trinajstić information content (AvgIpc) is 3.29. The molecule has 2 heterocycles. The molecule has 2 aromatic heterocycles. The fraction of sp³-hybridized carbons (Fsp3) is 0.0952. The number of carbonyl (C=O) groups excluding carboxylic acids is 2. The van der Waals surface area contributed by atoms with E-state index in [1.54, 1.807) is 48.0 Å². The fourth-order valence-corrected chi connectivity index (χ4v) is 3.77. The van der Waals surface area contributed by atoms with E-state index in [2.05, 4.69) is 10.3 Å². The molecule has 1 N–H and O–H groups in total. The van der Waals surface area contributed by atoms with Crippen molar-refractivity contribution in [1.29, 1.82) is 0 Å². The fourth-order valence-electron chi connectivity index (χ4n) is 3.22. The summed E-state index contributed by atoms with van der Waals surface area (Å²) in [7, 11) is 1.21. The number of aromatic nitrogens is 3. The smallest absolute Gasteiger partial charge is 0.339 e. The standard InChI is InChI=1S/C21H16N4O5S/c1-30-19(28)14-7-3-5-9-16(14)25-18(27)13-6-2-4-8-15(13)24(21(25)29)12-17(26)23-20-22-10-11-31-20/h2-11H,12H2,1H3,(H,22,23,26). The predicted molar refractivity (Wildman–Crippen MR) is 116 cm³/mol. The minimum Gasteiger partial charge on any atom is -0.465 e. The Morgan fingerprint density at radius 2 is 1.84 bits per heavy atom. The summed E-state index contributed by atoms with van der Waals surface area (Å²) >= 11 is 1.24. The number of benzene rings is 2. The van der Waals surface area contributed by atoms with Gasteiger partial charge in [0.2, 0.25) is 5.91 Å². The van der Waals surface area contributed by atoms with Gasteiger partial charge in [-0.2, -0.15) is 0 Å². The highest BCUT2D eigenvalue weighted by Crippen LogP contribution is 2.15. The van der Waals surface area contributed by atoms with Gasteiger partial charge in [-0.1, -0.05) is 24.3 Å². The van der Waals surface area contributed by atoms with Gasteiger partial charge in [0.05, 0.1) is 29.3 Å². The first-order valence-corrected chi connectivity index (χ1v) is 10.0. The van der Waals surface area contributed by atoms with E-state index in [1.165, 1.54) is 35.1 Å². The average molecular weight is 436 g/mol. The zero-order valence-electron chi connectivity index (χ0n) is 16.3. The maximum absolute atomic E-state index is 13.4. The first-order chi connectivity index (χ1) is 15.0. The number of nitrogens with zero attached hydrogens (tertiary/aromatic N) is 3. The molecule has 10 heteroatoms. The second-order valence-corrected chi connectivity index (χ2v) is 7.32. The molecule has 2 aromatic carbocycles. The van der Waals surface area contributed by atoms with Gasteiger partial charge in [-0.25, -0.2) is 19.1 Å².